The summed E-state index contributed by atoms with van der Waals surface area (Å²) < 4.78 is 11.6. The van der Waals surface area contributed by atoms with Gasteiger partial charge >= 0.3 is 5.97 Å². The molecule has 1 saturated heterocycles. The second-order valence-corrected chi connectivity index (χ2v) is 7.48. The van der Waals surface area contributed by atoms with E-state index in [2.05, 4.69) is 24.0 Å². The van der Waals surface area contributed by atoms with E-state index in [1.54, 1.807) is 18.2 Å². The summed E-state index contributed by atoms with van der Waals surface area (Å²) >= 11 is 4.73. The fraction of sp³-hybridized carbons (Fsp3) is 0.318. The standard InChI is InChI=1S/C22H23NO4S/c1-2-18(23-9-10-26-13-20(23)28)21-16-6-4-3-5-15(16)12-27-19-8-7-14(22(24)25)11-17(19)21/h3-8,11,20,28H,2,9-10,12-13H2,1H3,(H,24,25)/b21-18-. The Hall–Kier alpha value is -2.44. The van der Waals surface area contributed by atoms with Crippen molar-refractivity contribution in [1.82, 2.24) is 4.90 Å². The summed E-state index contributed by atoms with van der Waals surface area (Å²) in [6.07, 6.45) is 0.789. The van der Waals surface area contributed by atoms with Gasteiger partial charge in [-0.25, -0.2) is 4.79 Å². The van der Waals surface area contributed by atoms with Crippen molar-refractivity contribution in [3.05, 3.63) is 70.4 Å². The maximum Gasteiger partial charge on any atom is 0.335 e. The molecule has 1 N–H and O–H groups in total. The minimum atomic E-state index is -0.948. The van der Waals surface area contributed by atoms with Gasteiger partial charge in [-0.05, 0) is 35.7 Å². The fourth-order valence-corrected chi connectivity index (χ4v) is 4.28. The smallest absolute Gasteiger partial charge is 0.335 e. The molecule has 4 rings (SSSR count). The lowest BCUT2D eigenvalue weighted by Crippen LogP contribution is -2.41. The summed E-state index contributed by atoms with van der Waals surface area (Å²) in [5.74, 6) is -0.248. The summed E-state index contributed by atoms with van der Waals surface area (Å²) in [7, 11) is 0. The molecule has 0 amide bonds. The highest BCUT2D eigenvalue weighted by atomic mass is 32.1. The van der Waals surface area contributed by atoms with Gasteiger partial charge in [-0.3, -0.25) is 0 Å². The second kappa shape index (κ2) is 7.89. The second-order valence-electron chi connectivity index (χ2n) is 6.89. The van der Waals surface area contributed by atoms with Crippen LogP contribution in [0.3, 0.4) is 0 Å². The molecule has 0 spiro atoms. The molecule has 2 heterocycles. The molecule has 6 heteroatoms. The van der Waals surface area contributed by atoms with Crippen LogP contribution in [0.15, 0.2) is 48.2 Å². The summed E-state index contributed by atoms with van der Waals surface area (Å²) in [6, 6.07) is 13.2. The monoisotopic (exact) mass is 397 g/mol. The van der Waals surface area contributed by atoms with E-state index in [0.29, 0.717) is 25.6 Å². The Balaban J connectivity index is 2.00. The number of nitrogens with zero attached hydrogens (tertiary/aromatic N) is 1. The van der Waals surface area contributed by atoms with E-state index in [-0.39, 0.29) is 10.9 Å². The number of carboxylic acid groups (broad SMARTS) is 1. The number of hydrogen-bond donors (Lipinski definition) is 2. The van der Waals surface area contributed by atoms with E-state index in [9.17, 15) is 9.90 Å². The third-order valence-electron chi connectivity index (χ3n) is 5.24. The van der Waals surface area contributed by atoms with Crippen LogP contribution in [0, 0.1) is 0 Å². The van der Waals surface area contributed by atoms with Gasteiger partial charge in [-0.15, -0.1) is 0 Å². The number of thiol groups is 1. The van der Waals surface area contributed by atoms with Crippen LogP contribution >= 0.6 is 12.6 Å². The molecule has 0 radical (unpaired) electrons. The van der Waals surface area contributed by atoms with Crippen molar-refractivity contribution in [1.29, 1.82) is 0 Å². The third-order valence-corrected chi connectivity index (χ3v) is 5.67. The number of ether oxygens (including phenoxy) is 2. The number of carbonyl (C=O) groups is 1. The lowest BCUT2D eigenvalue weighted by molar-refractivity contribution is 0.0410. The maximum absolute atomic E-state index is 11.6. The highest BCUT2D eigenvalue weighted by Crippen LogP contribution is 2.41. The quantitative estimate of drug-likeness (QED) is 0.766. The first-order chi connectivity index (χ1) is 13.6. The van der Waals surface area contributed by atoms with Crippen LogP contribution in [0.4, 0.5) is 0 Å². The molecule has 1 fully saturated rings. The van der Waals surface area contributed by atoms with Crippen LogP contribution < -0.4 is 4.74 Å². The topological polar surface area (TPSA) is 59.0 Å². The van der Waals surface area contributed by atoms with Gasteiger partial charge in [-0.2, -0.15) is 12.6 Å². The third kappa shape index (κ3) is 3.38. The molecule has 0 aromatic heterocycles. The molecule has 5 nitrogen and oxygen atoms in total. The first kappa shape index (κ1) is 18.9. The Labute approximate surface area is 170 Å². The fourth-order valence-electron chi connectivity index (χ4n) is 3.91. The normalized spacial score (nSPS) is 20.5. The Morgan fingerprint density at radius 1 is 1.25 bits per heavy atom. The average Bonchev–Trinajstić information content (AvgIpc) is 2.87. The Morgan fingerprint density at radius 3 is 2.82 bits per heavy atom. The van der Waals surface area contributed by atoms with E-state index in [4.69, 9.17) is 22.1 Å². The average molecular weight is 397 g/mol. The number of hydrogen-bond acceptors (Lipinski definition) is 5. The minimum absolute atomic E-state index is 0.0429. The van der Waals surface area contributed by atoms with Crippen LogP contribution in [0.5, 0.6) is 5.75 Å². The summed E-state index contributed by atoms with van der Waals surface area (Å²) in [4.78, 5) is 13.9. The van der Waals surface area contributed by atoms with Crippen molar-refractivity contribution in [2.24, 2.45) is 0 Å². The van der Waals surface area contributed by atoms with E-state index in [0.717, 1.165) is 40.9 Å². The van der Waals surface area contributed by atoms with Crippen molar-refractivity contribution in [2.45, 2.75) is 25.3 Å². The predicted octanol–water partition coefficient (Wildman–Crippen LogP) is 4.03. The summed E-state index contributed by atoms with van der Waals surface area (Å²) in [5.41, 5.74) is 5.38. The lowest BCUT2D eigenvalue weighted by Gasteiger charge is -2.37. The van der Waals surface area contributed by atoms with Crippen LogP contribution in [-0.2, 0) is 11.3 Å². The number of aromatic carboxylic acids is 1. The van der Waals surface area contributed by atoms with E-state index < -0.39 is 5.97 Å². The molecule has 0 bridgehead atoms. The molecule has 2 aromatic rings. The van der Waals surface area contributed by atoms with Crippen LogP contribution in [0.25, 0.3) is 5.57 Å². The maximum atomic E-state index is 11.6. The molecule has 2 aromatic carbocycles. The minimum Gasteiger partial charge on any atom is -0.488 e. The Morgan fingerprint density at radius 2 is 2.07 bits per heavy atom. The first-order valence-corrected chi connectivity index (χ1v) is 9.96. The van der Waals surface area contributed by atoms with Gasteiger partial charge in [0.2, 0.25) is 0 Å². The highest BCUT2D eigenvalue weighted by Gasteiger charge is 2.28. The van der Waals surface area contributed by atoms with Gasteiger partial charge in [0.15, 0.2) is 0 Å². The van der Waals surface area contributed by atoms with Crippen LogP contribution in [-0.4, -0.2) is 41.1 Å². The number of benzene rings is 2. The van der Waals surface area contributed by atoms with Crippen molar-refractivity contribution in [2.75, 3.05) is 19.8 Å². The molecule has 2 aliphatic rings. The van der Waals surface area contributed by atoms with Gasteiger partial charge in [0.05, 0.1) is 24.2 Å². The number of allylic oxidation sites excluding steroid dienone is 1. The van der Waals surface area contributed by atoms with E-state index >= 15 is 0 Å². The van der Waals surface area contributed by atoms with Gasteiger partial charge in [-0.1, -0.05) is 31.2 Å². The Kier molecular flexibility index (Phi) is 5.33. The van der Waals surface area contributed by atoms with Gasteiger partial charge in [0, 0.05) is 23.4 Å². The molecule has 1 atom stereocenters. The van der Waals surface area contributed by atoms with E-state index in [1.165, 1.54) is 0 Å². The SMILES string of the molecule is CC/C(=C1\c2ccccc2COc2ccc(C(=O)O)cc21)N1CCOCC1S. The molecular formula is C22H23NO4S. The highest BCUT2D eigenvalue weighted by molar-refractivity contribution is 7.80. The molecular weight excluding hydrogens is 374 g/mol. The van der Waals surface area contributed by atoms with Crippen molar-refractivity contribution < 1.29 is 19.4 Å². The molecule has 1 unspecified atom stereocenters. The lowest BCUT2D eigenvalue weighted by atomic mass is 9.90. The Bertz CT molecular complexity index is 940. The molecule has 146 valence electrons. The summed E-state index contributed by atoms with van der Waals surface area (Å²) in [6.45, 7) is 4.52. The number of carboxylic acids is 1. The number of rotatable bonds is 3. The predicted molar refractivity (Wildman–Crippen MR) is 111 cm³/mol. The van der Waals surface area contributed by atoms with Gasteiger partial charge < -0.3 is 19.5 Å². The van der Waals surface area contributed by atoms with Gasteiger partial charge in [0.25, 0.3) is 0 Å². The number of morpholine rings is 1. The zero-order chi connectivity index (χ0) is 19.7. The van der Waals surface area contributed by atoms with Crippen LogP contribution in [0.2, 0.25) is 0 Å². The zero-order valence-corrected chi connectivity index (χ0v) is 16.6. The summed E-state index contributed by atoms with van der Waals surface area (Å²) in [5, 5.41) is 9.49. The molecule has 0 aliphatic carbocycles. The first-order valence-electron chi connectivity index (χ1n) is 9.44. The molecule has 28 heavy (non-hydrogen) atoms. The number of fused-ring (bicyclic) bond motifs is 2. The zero-order valence-electron chi connectivity index (χ0n) is 15.7. The van der Waals surface area contributed by atoms with E-state index in [1.807, 2.05) is 12.1 Å². The van der Waals surface area contributed by atoms with Gasteiger partial charge in [0.1, 0.15) is 12.4 Å². The van der Waals surface area contributed by atoms with Crippen LogP contribution in [0.1, 0.15) is 40.4 Å². The molecule has 0 saturated carbocycles. The molecule has 2 aliphatic heterocycles. The largest absolute Gasteiger partial charge is 0.488 e. The van der Waals surface area contributed by atoms with Crippen molar-refractivity contribution in [3.8, 4) is 5.75 Å². The van der Waals surface area contributed by atoms with Crippen molar-refractivity contribution >= 4 is 24.2 Å². The van der Waals surface area contributed by atoms with Crippen molar-refractivity contribution in [3.63, 3.8) is 0 Å².